The minimum atomic E-state index is -0.720. The Bertz CT molecular complexity index is 410. The van der Waals surface area contributed by atoms with Crippen LogP contribution in [0.2, 0.25) is 0 Å². The SMILES string of the molecule is CNCCCNC(=O)C(C)(C)c1cccc(F)c1.Cl. The van der Waals surface area contributed by atoms with E-state index >= 15 is 0 Å². The number of halogens is 2. The number of nitrogens with one attached hydrogen (secondary N) is 2. The molecule has 0 aliphatic heterocycles. The largest absolute Gasteiger partial charge is 0.355 e. The Morgan fingerprint density at radius 3 is 2.58 bits per heavy atom. The molecule has 0 radical (unpaired) electrons. The first-order chi connectivity index (χ1) is 8.48. The fourth-order valence-electron chi connectivity index (χ4n) is 1.70. The van der Waals surface area contributed by atoms with Crippen LogP contribution in [0.15, 0.2) is 24.3 Å². The van der Waals surface area contributed by atoms with Crippen LogP contribution in [0, 0.1) is 5.82 Å². The van der Waals surface area contributed by atoms with E-state index in [1.807, 2.05) is 7.05 Å². The Kier molecular flexibility index (Phi) is 7.64. The monoisotopic (exact) mass is 288 g/mol. The molecule has 0 unspecified atom stereocenters. The number of carbonyl (C=O) groups excluding carboxylic acids is 1. The molecular formula is C14H22ClFN2O. The van der Waals surface area contributed by atoms with Crippen molar-refractivity contribution in [2.24, 2.45) is 0 Å². The van der Waals surface area contributed by atoms with Gasteiger partial charge < -0.3 is 10.6 Å². The smallest absolute Gasteiger partial charge is 0.230 e. The molecule has 2 N–H and O–H groups in total. The Morgan fingerprint density at radius 2 is 2.00 bits per heavy atom. The molecule has 3 nitrogen and oxygen atoms in total. The molecule has 1 aromatic rings. The van der Waals surface area contributed by atoms with Gasteiger partial charge in [0.15, 0.2) is 0 Å². The van der Waals surface area contributed by atoms with E-state index in [0.717, 1.165) is 13.0 Å². The second kappa shape index (κ2) is 8.12. The summed E-state index contributed by atoms with van der Waals surface area (Å²) in [5.41, 5.74) is -0.0320. The zero-order chi connectivity index (χ0) is 13.6. The predicted molar refractivity (Wildman–Crippen MR) is 78.2 cm³/mol. The fraction of sp³-hybridized carbons (Fsp3) is 0.500. The van der Waals surface area contributed by atoms with Gasteiger partial charge in [-0.3, -0.25) is 4.79 Å². The van der Waals surface area contributed by atoms with Crippen molar-refractivity contribution in [2.75, 3.05) is 20.1 Å². The lowest BCUT2D eigenvalue weighted by Gasteiger charge is -2.24. The van der Waals surface area contributed by atoms with Gasteiger partial charge in [-0.05, 0) is 51.6 Å². The van der Waals surface area contributed by atoms with Gasteiger partial charge in [0.2, 0.25) is 5.91 Å². The van der Waals surface area contributed by atoms with Crippen LogP contribution in [0.1, 0.15) is 25.8 Å². The summed E-state index contributed by atoms with van der Waals surface area (Å²) in [6.07, 6.45) is 0.876. The van der Waals surface area contributed by atoms with Crippen molar-refractivity contribution in [3.05, 3.63) is 35.6 Å². The van der Waals surface area contributed by atoms with Crippen molar-refractivity contribution in [3.63, 3.8) is 0 Å². The molecule has 1 rings (SSSR count). The van der Waals surface area contributed by atoms with Crippen LogP contribution < -0.4 is 10.6 Å². The molecule has 1 amide bonds. The Labute approximate surface area is 120 Å². The highest BCUT2D eigenvalue weighted by atomic mass is 35.5. The molecule has 0 atom stereocenters. The molecule has 0 saturated heterocycles. The second-order valence-electron chi connectivity index (χ2n) is 4.85. The minimum absolute atomic E-state index is 0. The molecule has 0 bridgehead atoms. The quantitative estimate of drug-likeness (QED) is 0.789. The fourth-order valence-corrected chi connectivity index (χ4v) is 1.70. The van der Waals surface area contributed by atoms with Gasteiger partial charge in [0.25, 0.3) is 0 Å². The minimum Gasteiger partial charge on any atom is -0.355 e. The lowest BCUT2D eigenvalue weighted by Crippen LogP contribution is -2.41. The topological polar surface area (TPSA) is 41.1 Å². The van der Waals surface area contributed by atoms with Crippen molar-refractivity contribution >= 4 is 18.3 Å². The normalized spacial score (nSPS) is 10.7. The molecule has 108 valence electrons. The van der Waals surface area contributed by atoms with E-state index in [0.29, 0.717) is 12.1 Å². The Morgan fingerprint density at radius 1 is 1.32 bits per heavy atom. The summed E-state index contributed by atoms with van der Waals surface area (Å²) in [6.45, 7) is 5.09. The van der Waals surface area contributed by atoms with Crippen LogP contribution >= 0.6 is 12.4 Å². The Hall–Kier alpha value is -1.13. The van der Waals surface area contributed by atoms with Crippen LogP contribution in [-0.4, -0.2) is 26.0 Å². The number of hydrogen-bond acceptors (Lipinski definition) is 2. The number of carbonyl (C=O) groups is 1. The van der Waals surface area contributed by atoms with E-state index in [2.05, 4.69) is 10.6 Å². The summed E-state index contributed by atoms with van der Waals surface area (Å²) < 4.78 is 13.2. The highest BCUT2D eigenvalue weighted by Gasteiger charge is 2.29. The third-order valence-electron chi connectivity index (χ3n) is 3.00. The van der Waals surface area contributed by atoms with Crippen molar-refractivity contribution in [1.29, 1.82) is 0 Å². The molecular weight excluding hydrogens is 267 g/mol. The molecule has 0 fully saturated rings. The highest BCUT2D eigenvalue weighted by Crippen LogP contribution is 2.23. The maximum atomic E-state index is 13.2. The third kappa shape index (κ3) is 5.17. The lowest BCUT2D eigenvalue weighted by atomic mass is 9.83. The Balaban J connectivity index is 0.00000324. The average Bonchev–Trinajstić information content (AvgIpc) is 2.34. The van der Waals surface area contributed by atoms with Gasteiger partial charge in [0.1, 0.15) is 5.82 Å². The van der Waals surface area contributed by atoms with Gasteiger partial charge in [0, 0.05) is 6.54 Å². The molecule has 1 aromatic carbocycles. The van der Waals surface area contributed by atoms with E-state index in [9.17, 15) is 9.18 Å². The maximum absolute atomic E-state index is 13.2. The summed E-state index contributed by atoms with van der Waals surface area (Å²) in [7, 11) is 1.87. The zero-order valence-corrected chi connectivity index (χ0v) is 12.4. The van der Waals surface area contributed by atoms with E-state index in [-0.39, 0.29) is 24.1 Å². The number of amides is 1. The number of benzene rings is 1. The van der Waals surface area contributed by atoms with Gasteiger partial charge in [-0.25, -0.2) is 4.39 Å². The molecule has 0 aromatic heterocycles. The zero-order valence-electron chi connectivity index (χ0n) is 11.6. The van der Waals surface area contributed by atoms with Gasteiger partial charge in [-0.2, -0.15) is 0 Å². The van der Waals surface area contributed by atoms with E-state index in [4.69, 9.17) is 0 Å². The second-order valence-corrected chi connectivity index (χ2v) is 4.85. The number of rotatable bonds is 6. The summed E-state index contributed by atoms with van der Waals surface area (Å²) >= 11 is 0. The lowest BCUT2D eigenvalue weighted by molar-refractivity contribution is -0.125. The van der Waals surface area contributed by atoms with E-state index < -0.39 is 5.41 Å². The van der Waals surface area contributed by atoms with Crippen molar-refractivity contribution < 1.29 is 9.18 Å². The van der Waals surface area contributed by atoms with Crippen LogP contribution in [0.5, 0.6) is 0 Å². The van der Waals surface area contributed by atoms with Crippen molar-refractivity contribution in [3.8, 4) is 0 Å². The number of hydrogen-bond donors (Lipinski definition) is 2. The summed E-state index contributed by atoms with van der Waals surface area (Å²) in [6, 6.07) is 6.19. The first-order valence-corrected chi connectivity index (χ1v) is 6.17. The standard InChI is InChI=1S/C14H21FN2O.ClH/c1-14(2,11-6-4-7-12(15)10-11)13(18)17-9-5-8-16-3;/h4,6-7,10,16H,5,8-9H2,1-3H3,(H,17,18);1H. The van der Waals surface area contributed by atoms with Gasteiger partial charge >= 0.3 is 0 Å². The predicted octanol–water partition coefficient (Wildman–Crippen LogP) is 2.25. The summed E-state index contributed by atoms with van der Waals surface area (Å²) in [4.78, 5) is 12.1. The van der Waals surface area contributed by atoms with E-state index in [1.54, 1.807) is 26.0 Å². The molecule has 0 heterocycles. The van der Waals surface area contributed by atoms with Crippen LogP contribution in [0.4, 0.5) is 4.39 Å². The first-order valence-electron chi connectivity index (χ1n) is 6.17. The molecule has 0 aliphatic rings. The van der Waals surface area contributed by atoms with Gasteiger partial charge in [0.05, 0.1) is 5.41 Å². The van der Waals surface area contributed by atoms with Crippen molar-refractivity contribution in [1.82, 2.24) is 10.6 Å². The maximum Gasteiger partial charge on any atom is 0.230 e. The molecule has 0 saturated carbocycles. The molecule has 19 heavy (non-hydrogen) atoms. The molecule has 0 aliphatic carbocycles. The van der Waals surface area contributed by atoms with Crippen molar-refractivity contribution in [2.45, 2.75) is 25.7 Å². The van der Waals surface area contributed by atoms with E-state index in [1.165, 1.54) is 12.1 Å². The molecule has 0 spiro atoms. The van der Waals surface area contributed by atoms with Gasteiger partial charge in [-0.15, -0.1) is 12.4 Å². The molecule has 5 heteroatoms. The third-order valence-corrected chi connectivity index (χ3v) is 3.00. The summed E-state index contributed by atoms with van der Waals surface area (Å²) in [5, 5.41) is 5.89. The highest BCUT2D eigenvalue weighted by molar-refractivity contribution is 5.87. The first kappa shape index (κ1) is 17.9. The average molecular weight is 289 g/mol. The van der Waals surface area contributed by atoms with Crippen LogP contribution in [0.25, 0.3) is 0 Å². The summed E-state index contributed by atoms with van der Waals surface area (Å²) in [5.74, 6) is -0.396. The van der Waals surface area contributed by atoms with Crippen LogP contribution in [0.3, 0.4) is 0 Å². The van der Waals surface area contributed by atoms with Crippen LogP contribution in [-0.2, 0) is 10.2 Å². The van der Waals surface area contributed by atoms with Gasteiger partial charge in [-0.1, -0.05) is 12.1 Å².